The molecule has 6 N–H and O–H groups in total. The highest BCUT2D eigenvalue weighted by atomic mass is 16.4. The van der Waals surface area contributed by atoms with Crippen molar-refractivity contribution in [3.63, 3.8) is 0 Å². The standard InChI is InChI=1S/C9H17N3O5/c1-4(8(16)11-3-6(14)15)12-9(17)7(10)5(2)13/h4-5,7,13H,3,10H2,1-2H3,(H,11,16)(H,12,17)(H,14,15)/t4-,5+,7-/m0/s1. The molecule has 98 valence electrons. The largest absolute Gasteiger partial charge is 0.480 e. The molecule has 2 amide bonds. The van der Waals surface area contributed by atoms with Crippen LogP contribution in [0.15, 0.2) is 0 Å². The molecule has 0 aliphatic carbocycles. The first kappa shape index (κ1) is 15.3. The number of aliphatic hydroxyl groups is 1. The summed E-state index contributed by atoms with van der Waals surface area (Å²) in [6.45, 7) is 2.20. The van der Waals surface area contributed by atoms with Crippen molar-refractivity contribution in [2.24, 2.45) is 5.73 Å². The molecule has 0 fully saturated rings. The lowest BCUT2D eigenvalue weighted by molar-refractivity contribution is -0.138. The number of nitrogens with one attached hydrogen (secondary N) is 2. The van der Waals surface area contributed by atoms with E-state index in [-0.39, 0.29) is 0 Å². The molecule has 0 aromatic carbocycles. The molecule has 0 aromatic rings. The predicted octanol–water partition coefficient (Wildman–Crippen LogP) is -2.60. The maximum atomic E-state index is 11.3. The molecule has 0 aromatic heterocycles. The number of carbonyl (C=O) groups is 3. The van der Waals surface area contributed by atoms with Crippen LogP contribution in [-0.4, -0.2) is 52.7 Å². The zero-order chi connectivity index (χ0) is 13.6. The van der Waals surface area contributed by atoms with Crippen LogP contribution in [0, 0.1) is 0 Å². The number of aliphatic hydroxyl groups excluding tert-OH is 1. The number of rotatable bonds is 6. The van der Waals surface area contributed by atoms with E-state index in [0.29, 0.717) is 0 Å². The van der Waals surface area contributed by atoms with Gasteiger partial charge in [0.05, 0.1) is 6.10 Å². The number of hydrogen-bond acceptors (Lipinski definition) is 5. The summed E-state index contributed by atoms with van der Waals surface area (Å²) in [5.74, 6) is -2.51. The molecule has 0 rings (SSSR count). The van der Waals surface area contributed by atoms with E-state index in [2.05, 4.69) is 10.6 Å². The van der Waals surface area contributed by atoms with Crippen LogP contribution in [0.25, 0.3) is 0 Å². The van der Waals surface area contributed by atoms with Gasteiger partial charge in [0.2, 0.25) is 11.8 Å². The van der Waals surface area contributed by atoms with Gasteiger partial charge in [-0.3, -0.25) is 14.4 Å². The molecule has 3 atom stereocenters. The van der Waals surface area contributed by atoms with Gasteiger partial charge in [0.15, 0.2) is 0 Å². The van der Waals surface area contributed by atoms with Crippen molar-refractivity contribution >= 4 is 17.8 Å². The molecule has 0 heterocycles. The summed E-state index contributed by atoms with van der Waals surface area (Å²) in [6, 6.07) is -2.06. The molecule has 0 aliphatic heterocycles. The van der Waals surface area contributed by atoms with Crippen molar-refractivity contribution in [1.82, 2.24) is 10.6 Å². The highest BCUT2D eigenvalue weighted by molar-refractivity contribution is 5.90. The minimum absolute atomic E-state index is 0.526. The van der Waals surface area contributed by atoms with Crippen LogP contribution in [0.2, 0.25) is 0 Å². The van der Waals surface area contributed by atoms with E-state index in [1.54, 1.807) is 0 Å². The van der Waals surface area contributed by atoms with E-state index in [9.17, 15) is 14.4 Å². The Hall–Kier alpha value is -1.67. The van der Waals surface area contributed by atoms with E-state index >= 15 is 0 Å². The van der Waals surface area contributed by atoms with Crippen molar-refractivity contribution < 1.29 is 24.6 Å². The van der Waals surface area contributed by atoms with Gasteiger partial charge in [-0.15, -0.1) is 0 Å². The van der Waals surface area contributed by atoms with Gasteiger partial charge in [-0.05, 0) is 13.8 Å². The Balaban J connectivity index is 4.16. The van der Waals surface area contributed by atoms with Crippen molar-refractivity contribution in [2.45, 2.75) is 32.0 Å². The van der Waals surface area contributed by atoms with Gasteiger partial charge in [0.1, 0.15) is 18.6 Å². The van der Waals surface area contributed by atoms with E-state index in [0.717, 1.165) is 0 Å². The van der Waals surface area contributed by atoms with Gasteiger partial charge in [0, 0.05) is 0 Å². The van der Waals surface area contributed by atoms with Gasteiger partial charge in [0.25, 0.3) is 0 Å². The first-order valence-corrected chi connectivity index (χ1v) is 4.99. The van der Waals surface area contributed by atoms with E-state index < -0.39 is 42.5 Å². The Morgan fingerprint density at radius 3 is 2.18 bits per heavy atom. The predicted molar refractivity (Wildman–Crippen MR) is 57.9 cm³/mol. The quantitative estimate of drug-likeness (QED) is 0.348. The van der Waals surface area contributed by atoms with Crippen LogP contribution in [0.5, 0.6) is 0 Å². The van der Waals surface area contributed by atoms with Crippen LogP contribution >= 0.6 is 0 Å². The summed E-state index contributed by atoms with van der Waals surface area (Å²) in [6.07, 6.45) is -1.04. The summed E-state index contributed by atoms with van der Waals surface area (Å²) in [7, 11) is 0. The van der Waals surface area contributed by atoms with Gasteiger partial charge in [-0.1, -0.05) is 0 Å². The molecule has 0 saturated carbocycles. The summed E-state index contributed by atoms with van der Waals surface area (Å²) in [5, 5.41) is 21.7. The fourth-order valence-corrected chi connectivity index (χ4v) is 0.910. The summed E-state index contributed by atoms with van der Waals surface area (Å²) in [5.41, 5.74) is 5.34. The number of nitrogens with two attached hydrogens (primary N) is 1. The summed E-state index contributed by atoms with van der Waals surface area (Å²) >= 11 is 0. The normalized spacial score (nSPS) is 15.5. The Morgan fingerprint density at radius 2 is 1.76 bits per heavy atom. The fourth-order valence-electron chi connectivity index (χ4n) is 0.910. The number of hydrogen-bond donors (Lipinski definition) is 5. The number of aliphatic carboxylic acids is 1. The van der Waals surface area contributed by atoms with Crippen molar-refractivity contribution in [2.75, 3.05) is 6.54 Å². The molecule has 8 nitrogen and oxygen atoms in total. The third kappa shape index (κ3) is 5.83. The molecule has 0 aliphatic rings. The lowest BCUT2D eigenvalue weighted by atomic mass is 10.1. The number of amides is 2. The first-order valence-electron chi connectivity index (χ1n) is 4.99. The van der Waals surface area contributed by atoms with E-state index in [1.807, 2.05) is 0 Å². The molecule has 0 bridgehead atoms. The monoisotopic (exact) mass is 247 g/mol. The Kier molecular flexibility index (Phi) is 6.15. The maximum absolute atomic E-state index is 11.3. The average molecular weight is 247 g/mol. The van der Waals surface area contributed by atoms with Crippen LogP contribution in [0.4, 0.5) is 0 Å². The topological polar surface area (TPSA) is 142 Å². The highest BCUT2D eigenvalue weighted by Crippen LogP contribution is 1.91. The SMILES string of the molecule is C[C@H](NC(=O)[C@@H](N)[C@@H](C)O)C(=O)NCC(=O)O. The van der Waals surface area contributed by atoms with Crippen LogP contribution < -0.4 is 16.4 Å². The number of carbonyl (C=O) groups excluding carboxylic acids is 2. The van der Waals surface area contributed by atoms with Crippen LogP contribution in [0.1, 0.15) is 13.8 Å². The minimum Gasteiger partial charge on any atom is -0.480 e. The maximum Gasteiger partial charge on any atom is 0.322 e. The molecule has 17 heavy (non-hydrogen) atoms. The average Bonchev–Trinajstić information content (AvgIpc) is 2.24. The van der Waals surface area contributed by atoms with Crippen LogP contribution in [0.3, 0.4) is 0 Å². The molecular formula is C9H17N3O5. The Morgan fingerprint density at radius 1 is 1.24 bits per heavy atom. The van der Waals surface area contributed by atoms with Crippen molar-refractivity contribution in [1.29, 1.82) is 0 Å². The lowest BCUT2D eigenvalue weighted by Crippen LogP contribution is -2.53. The van der Waals surface area contributed by atoms with Gasteiger partial charge >= 0.3 is 5.97 Å². The van der Waals surface area contributed by atoms with Crippen LogP contribution in [-0.2, 0) is 14.4 Å². The zero-order valence-corrected chi connectivity index (χ0v) is 9.64. The van der Waals surface area contributed by atoms with Crippen molar-refractivity contribution in [3.05, 3.63) is 0 Å². The van der Waals surface area contributed by atoms with Crippen molar-refractivity contribution in [3.8, 4) is 0 Å². The van der Waals surface area contributed by atoms with Gasteiger partial charge in [-0.2, -0.15) is 0 Å². The van der Waals surface area contributed by atoms with Gasteiger partial charge in [-0.25, -0.2) is 0 Å². The highest BCUT2D eigenvalue weighted by Gasteiger charge is 2.23. The van der Waals surface area contributed by atoms with E-state index in [1.165, 1.54) is 13.8 Å². The lowest BCUT2D eigenvalue weighted by Gasteiger charge is -2.18. The third-order valence-electron chi connectivity index (χ3n) is 1.99. The third-order valence-corrected chi connectivity index (χ3v) is 1.99. The second-order valence-corrected chi connectivity index (χ2v) is 3.61. The molecule has 0 spiro atoms. The first-order chi connectivity index (χ1) is 7.75. The Labute approximate surface area is 98.2 Å². The second-order valence-electron chi connectivity index (χ2n) is 3.61. The van der Waals surface area contributed by atoms with E-state index in [4.69, 9.17) is 15.9 Å². The molecular weight excluding hydrogens is 230 g/mol. The molecule has 0 unspecified atom stereocenters. The van der Waals surface area contributed by atoms with Gasteiger partial charge < -0.3 is 26.6 Å². The number of carboxylic acids is 1. The fraction of sp³-hybridized carbons (Fsp3) is 0.667. The smallest absolute Gasteiger partial charge is 0.322 e. The molecule has 8 heteroatoms. The minimum atomic E-state index is -1.18. The Bertz CT molecular complexity index is 305. The molecule has 0 radical (unpaired) electrons. The second kappa shape index (κ2) is 6.81. The summed E-state index contributed by atoms with van der Waals surface area (Å²) in [4.78, 5) is 32.8. The zero-order valence-electron chi connectivity index (χ0n) is 9.64. The summed E-state index contributed by atoms with van der Waals surface area (Å²) < 4.78 is 0. The number of carboxylic acid groups (broad SMARTS) is 1. The molecule has 0 saturated heterocycles.